The van der Waals surface area contributed by atoms with E-state index in [1.54, 1.807) is 26.3 Å². The van der Waals surface area contributed by atoms with Crippen LogP contribution in [0.5, 0.6) is 11.5 Å². The molecular weight excluding hydrogens is 399 g/mol. The summed E-state index contributed by atoms with van der Waals surface area (Å²) in [5.74, 6) is 1.72. The van der Waals surface area contributed by atoms with Crippen LogP contribution in [-0.4, -0.2) is 64.5 Å². The van der Waals surface area contributed by atoms with Crippen molar-refractivity contribution in [1.29, 1.82) is 0 Å². The third kappa shape index (κ3) is 6.32. The number of halogens is 1. The van der Waals surface area contributed by atoms with Gasteiger partial charge < -0.3 is 24.8 Å². The molecule has 0 aromatic heterocycles. The lowest BCUT2D eigenvalue weighted by molar-refractivity contribution is 0.0170. The van der Waals surface area contributed by atoms with E-state index in [2.05, 4.69) is 20.5 Å². The van der Waals surface area contributed by atoms with E-state index in [-0.39, 0.29) is 11.9 Å². The molecule has 1 heterocycles. The minimum atomic E-state index is -0.236. The molecule has 3 rings (SSSR count). The summed E-state index contributed by atoms with van der Waals surface area (Å²) in [6.07, 6.45) is 0. The molecule has 1 fully saturated rings. The fraction of sp³-hybridized carbons (Fsp3) is 0.435. The zero-order chi connectivity index (χ0) is 22.1. The van der Waals surface area contributed by atoms with Crippen LogP contribution in [0.4, 0.5) is 10.1 Å². The topological polar surface area (TPSA) is 67.4 Å². The van der Waals surface area contributed by atoms with Crippen LogP contribution in [0, 0.1) is 5.82 Å². The first-order valence-corrected chi connectivity index (χ1v) is 10.5. The summed E-state index contributed by atoms with van der Waals surface area (Å²) < 4.78 is 30.4. The Morgan fingerprint density at radius 2 is 2.00 bits per heavy atom. The molecular formula is C23H31FN4O3. The fourth-order valence-corrected chi connectivity index (χ4v) is 3.59. The van der Waals surface area contributed by atoms with Gasteiger partial charge in [-0.05, 0) is 36.8 Å². The van der Waals surface area contributed by atoms with Gasteiger partial charge >= 0.3 is 0 Å². The van der Waals surface area contributed by atoms with Gasteiger partial charge in [0.25, 0.3) is 0 Å². The minimum Gasteiger partial charge on any atom is -0.493 e. The van der Waals surface area contributed by atoms with Gasteiger partial charge in [-0.25, -0.2) is 4.39 Å². The monoisotopic (exact) mass is 430 g/mol. The predicted molar refractivity (Wildman–Crippen MR) is 121 cm³/mol. The standard InChI is InChI=1S/C23H31FN4O3/c1-4-31-22-15-19(8-9-21(22)29-3)27-23(25-2)26-16-20(28-10-12-30-13-11-28)17-6-5-7-18(24)14-17/h5-9,14-15,20H,4,10-13,16H2,1-3H3,(H2,25,26,27). The van der Waals surface area contributed by atoms with Crippen LogP contribution in [0.1, 0.15) is 18.5 Å². The Balaban J connectivity index is 1.71. The van der Waals surface area contributed by atoms with E-state index in [0.29, 0.717) is 43.8 Å². The Labute approximate surface area is 183 Å². The molecule has 31 heavy (non-hydrogen) atoms. The molecule has 1 unspecified atom stereocenters. The number of ether oxygens (including phenoxy) is 3. The summed E-state index contributed by atoms with van der Waals surface area (Å²) in [6, 6.07) is 12.4. The Morgan fingerprint density at radius 1 is 1.19 bits per heavy atom. The molecule has 7 nitrogen and oxygen atoms in total. The molecule has 2 aromatic rings. The largest absolute Gasteiger partial charge is 0.493 e. The number of anilines is 1. The molecule has 0 aliphatic carbocycles. The van der Waals surface area contributed by atoms with Gasteiger partial charge in [0.15, 0.2) is 17.5 Å². The summed E-state index contributed by atoms with van der Waals surface area (Å²) in [6.45, 7) is 5.98. The van der Waals surface area contributed by atoms with Crippen molar-refractivity contribution in [1.82, 2.24) is 10.2 Å². The molecule has 0 spiro atoms. The maximum Gasteiger partial charge on any atom is 0.195 e. The molecule has 0 saturated carbocycles. The van der Waals surface area contributed by atoms with Crippen LogP contribution in [0.3, 0.4) is 0 Å². The van der Waals surface area contributed by atoms with Crippen LogP contribution < -0.4 is 20.1 Å². The van der Waals surface area contributed by atoms with Gasteiger partial charge in [0.2, 0.25) is 0 Å². The van der Waals surface area contributed by atoms with E-state index in [1.165, 1.54) is 6.07 Å². The first-order chi connectivity index (χ1) is 15.1. The highest BCUT2D eigenvalue weighted by atomic mass is 19.1. The normalized spacial score (nSPS) is 15.9. The molecule has 1 aliphatic heterocycles. The minimum absolute atomic E-state index is 0.00648. The number of guanidine groups is 1. The van der Waals surface area contributed by atoms with Crippen molar-refractivity contribution in [3.8, 4) is 11.5 Å². The zero-order valence-corrected chi connectivity index (χ0v) is 18.4. The molecule has 0 amide bonds. The molecule has 2 N–H and O–H groups in total. The van der Waals surface area contributed by atoms with Gasteiger partial charge in [-0.3, -0.25) is 9.89 Å². The Kier molecular flexibility index (Phi) is 8.49. The van der Waals surface area contributed by atoms with Crippen molar-refractivity contribution in [2.45, 2.75) is 13.0 Å². The number of hydrogen-bond donors (Lipinski definition) is 2. The average Bonchev–Trinajstić information content (AvgIpc) is 2.79. The molecule has 1 saturated heterocycles. The number of aliphatic imine (C=N–C) groups is 1. The second kappa shape index (κ2) is 11.5. The number of nitrogens with one attached hydrogen (secondary N) is 2. The lowest BCUT2D eigenvalue weighted by Gasteiger charge is -2.35. The average molecular weight is 431 g/mol. The second-order valence-corrected chi connectivity index (χ2v) is 7.10. The van der Waals surface area contributed by atoms with Gasteiger partial charge in [-0.2, -0.15) is 0 Å². The molecule has 0 radical (unpaired) electrons. The molecule has 2 aromatic carbocycles. The molecule has 168 valence electrons. The van der Waals surface area contributed by atoms with Crippen LogP contribution in [-0.2, 0) is 4.74 Å². The number of benzene rings is 2. The van der Waals surface area contributed by atoms with E-state index in [4.69, 9.17) is 14.2 Å². The third-order valence-electron chi connectivity index (χ3n) is 5.13. The molecule has 1 atom stereocenters. The maximum absolute atomic E-state index is 13.9. The smallest absolute Gasteiger partial charge is 0.195 e. The lowest BCUT2D eigenvalue weighted by Crippen LogP contribution is -2.44. The summed E-state index contributed by atoms with van der Waals surface area (Å²) in [5, 5.41) is 6.66. The highest BCUT2D eigenvalue weighted by Gasteiger charge is 2.23. The van der Waals surface area contributed by atoms with Crippen molar-refractivity contribution in [2.75, 3.05) is 58.9 Å². The predicted octanol–water partition coefficient (Wildman–Crippen LogP) is 3.29. The highest BCUT2D eigenvalue weighted by Crippen LogP contribution is 2.30. The number of morpholine rings is 1. The van der Waals surface area contributed by atoms with E-state index < -0.39 is 0 Å². The zero-order valence-electron chi connectivity index (χ0n) is 18.4. The van der Waals surface area contributed by atoms with Crippen LogP contribution >= 0.6 is 0 Å². The van der Waals surface area contributed by atoms with E-state index in [1.807, 2.05) is 31.2 Å². The first-order valence-electron chi connectivity index (χ1n) is 10.5. The Morgan fingerprint density at radius 3 is 2.68 bits per heavy atom. The second-order valence-electron chi connectivity index (χ2n) is 7.10. The van der Waals surface area contributed by atoms with Crippen LogP contribution in [0.15, 0.2) is 47.5 Å². The van der Waals surface area contributed by atoms with Crippen molar-refractivity contribution >= 4 is 11.6 Å². The summed E-state index contributed by atoms with van der Waals surface area (Å²) in [4.78, 5) is 6.64. The first kappa shape index (κ1) is 22.8. The van der Waals surface area contributed by atoms with Crippen molar-refractivity contribution < 1.29 is 18.6 Å². The van der Waals surface area contributed by atoms with Crippen LogP contribution in [0.25, 0.3) is 0 Å². The van der Waals surface area contributed by atoms with E-state index >= 15 is 0 Å². The van der Waals surface area contributed by atoms with Crippen LogP contribution in [0.2, 0.25) is 0 Å². The van der Waals surface area contributed by atoms with Crippen molar-refractivity contribution in [3.63, 3.8) is 0 Å². The van der Waals surface area contributed by atoms with E-state index in [9.17, 15) is 4.39 Å². The maximum atomic E-state index is 13.9. The van der Waals surface area contributed by atoms with Gasteiger partial charge in [0.05, 0.1) is 33.0 Å². The van der Waals surface area contributed by atoms with Crippen molar-refractivity contribution in [3.05, 3.63) is 53.8 Å². The van der Waals surface area contributed by atoms with Gasteiger partial charge in [-0.1, -0.05) is 12.1 Å². The van der Waals surface area contributed by atoms with Gasteiger partial charge in [0, 0.05) is 38.4 Å². The third-order valence-corrected chi connectivity index (χ3v) is 5.13. The highest BCUT2D eigenvalue weighted by molar-refractivity contribution is 5.93. The van der Waals surface area contributed by atoms with Gasteiger partial charge in [-0.15, -0.1) is 0 Å². The quantitative estimate of drug-likeness (QED) is 0.495. The Bertz CT molecular complexity index is 872. The molecule has 1 aliphatic rings. The van der Waals surface area contributed by atoms with Crippen molar-refractivity contribution in [2.24, 2.45) is 4.99 Å². The summed E-state index contributed by atoms with van der Waals surface area (Å²) in [5.41, 5.74) is 1.75. The number of rotatable bonds is 8. The Hall–Kier alpha value is -2.84. The van der Waals surface area contributed by atoms with Gasteiger partial charge in [0.1, 0.15) is 5.82 Å². The lowest BCUT2D eigenvalue weighted by atomic mass is 10.0. The molecule has 8 heteroatoms. The number of nitrogens with zero attached hydrogens (tertiary/aromatic N) is 2. The SMILES string of the molecule is CCOc1cc(NC(=NC)NCC(c2cccc(F)c2)N2CCOCC2)ccc1OC. The number of hydrogen-bond acceptors (Lipinski definition) is 5. The number of methoxy groups -OCH3 is 1. The summed E-state index contributed by atoms with van der Waals surface area (Å²) >= 11 is 0. The molecule has 0 bridgehead atoms. The summed E-state index contributed by atoms with van der Waals surface area (Å²) in [7, 11) is 3.33. The van der Waals surface area contributed by atoms with E-state index in [0.717, 1.165) is 24.3 Å². The fourth-order valence-electron chi connectivity index (χ4n) is 3.59.